The van der Waals surface area contributed by atoms with Crippen molar-refractivity contribution in [3.05, 3.63) is 34.9 Å². The quantitative estimate of drug-likeness (QED) is 0.614. The Balaban J connectivity index is 2.47. The summed E-state index contributed by atoms with van der Waals surface area (Å²) in [5, 5.41) is 3.53. The number of halogens is 1. The van der Waals surface area contributed by atoms with Gasteiger partial charge in [0.1, 0.15) is 5.78 Å². The van der Waals surface area contributed by atoms with Crippen molar-refractivity contribution < 1.29 is 23.9 Å². The van der Waals surface area contributed by atoms with Crippen LogP contribution in [-0.4, -0.2) is 36.5 Å². The fraction of sp³-hybridized carbons (Fsp3) is 0.500. The van der Waals surface area contributed by atoms with Crippen LogP contribution in [0.1, 0.15) is 38.8 Å². The number of carbonyl (C=O) groups excluding carboxylic acids is 3. The number of ketones is 1. The molecule has 1 aliphatic rings. The minimum Gasteiger partial charge on any atom is -0.464 e. The van der Waals surface area contributed by atoms with Gasteiger partial charge in [0.2, 0.25) is 5.54 Å². The summed E-state index contributed by atoms with van der Waals surface area (Å²) in [5.41, 5.74) is -0.974. The van der Waals surface area contributed by atoms with Gasteiger partial charge in [-0.15, -0.1) is 0 Å². The average molecular weight is 368 g/mol. The summed E-state index contributed by atoms with van der Waals surface area (Å²) in [7, 11) is 0. The van der Waals surface area contributed by atoms with Gasteiger partial charge < -0.3 is 9.47 Å². The number of esters is 2. The predicted octanol–water partition coefficient (Wildman–Crippen LogP) is 2.44. The van der Waals surface area contributed by atoms with E-state index in [-0.39, 0.29) is 25.4 Å². The molecule has 7 heteroatoms. The molecule has 1 fully saturated rings. The minimum atomic E-state index is -1.70. The summed E-state index contributed by atoms with van der Waals surface area (Å²) in [5.74, 6) is -2.17. The molecule has 1 aromatic carbocycles. The molecule has 0 amide bonds. The van der Waals surface area contributed by atoms with Gasteiger partial charge in [0.25, 0.3) is 0 Å². The van der Waals surface area contributed by atoms with Crippen LogP contribution in [-0.2, 0) is 23.9 Å². The molecule has 6 nitrogen and oxygen atoms in total. The number of Topliss-reactive ketones (excluding diaryl/α,β-unsaturated/α-hetero) is 1. The molecular formula is C18H22ClNO5. The van der Waals surface area contributed by atoms with Crippen molar-refractivity contribution in [2.75, 3.05) is 13.2 Å². The third kappa shape index (κ3) is 3.85. The van der Waals surface area contributed by atoms with Crippen LogP contribution in [0.2, 0.25) is 5.02 Å². The zero-order valence-electron chi connectivity index (χ0n) is 14.5. The fourth-order valence-electron chi connectivity index (χ4n) is 3.14. The second-order valence-electron chi connectivity index (χ2n) is 5.94. The second kappa shape index (κ2) is 7.97. The molecule has 136 valence electrons. The first kappa shape index (κ1) is 19.4. The summed E-state index contributed by atoms with van der Waals surface area (Å²) in [6.45, 7) is 4.99. The zero-order valence-corrected chi connectivity index (χ0v) is 15.3. The van der Waals surface area contributed by atoms with Crippen molar-refractivity contribution in [3.8, 4) is 0 Å². The van der Waals surface area contributed by atoms with Crippen molar-refractivity contribution in [1.29, 1.82) is 0 Å². The molecule has 2 atom stereocenters. The lowest BCUT2D eigenvalue weighted by atomic mass is 9.86. The molecule has 0 saturated carbocycles. The van der Waals surface area contributed by atoms with Crippen LogP contribution in [0.15, 0.2) is 24.3 Å². The van der Waals surface area contributed by atoms with Crippen LogP contribution in [0, 0.1) is 5.92 Å². The molecule has 1 aliphatic heterocycles. The van der Waals surface area contributed by atoms with E-state index in [1.165, 1.54) is 6.92 Å². The van der Waals surface area contributed by atoms with Crippen molar-refractivity contribution in [2.45, 2.75) is 38.8 Å². The smallest absolute Gasteiger partial charge is 0.338 e. The SMILES string of the molecule is CCOC(=O)C1(C(=O)OCC)C[C@@H](C(C)=O)[C@@H](c2cccc(Cl)c2)N1. The molecule has 0 radical (unpaired) electrons. The van der Waals surface area contributed by atoms with Crippen LogP contribution in [0.4, 0.5) is 0 Å². The molecule has 0 aromatic heterocycles. The van der Waals surface area contributed by atoms with E-state index in [4.69, 9.17) is 21.1 Å². The summed E-state index contributed by atoms with van der Waals surface area (Å²) < 4.78 is 10.2. The number of nitrogens with one attached hydrogen (secondary N) is 1. The number of benzene rings is 1. The van der Waals surface area contributed by atoms with Crippen LogP contribution in [0.3, 0.4) is 0 Å². The highest BCUT2D eigenvalue weighted by atomic mass is 35.5. The summed E-state index contributed by atoms with van der Waals surface area (Å²) in [6.07, 6.45) is -0.0167. The van der Waals surface area contributed by atoms with Gasteiger partial charge in [-0.2, -0.15) is 0 Å². The Kier molecular flexibility index (Phi) is 6.19. The first-order valence-electron chi connectivity index (χ1n) is 8.23. The number of rotatable bonds is 6. The van der Waals surface area contributed by atoms with Crippen LogP contribution >= 0.6 is 11.6 Å². The molecule has 1 saturated heterocycles. The monoisotopic (exact) mass is 367 g/mol. The third-order valence-electron chi connectivity index (χ3n) is 4.31. The van der Waals surface area contributed by atoms with E-state index in [1.54, 1.807) is 38.1 Å². The molecular weight excluding hydrogens is 346 g/mol. The van der Waals surface area contributed by atoms with E-state index in [9.17, 15) is 14.4 Å². The minimum absolute atomic E-state index is 0.0167. The molecule has 0 unspecified atom stereocenters. The fourth-order valence-corrected chi connectivity index (χ4v) is 3.34. The predicted molar refractivity (Wildman–Crippen MR) is 92.1 cm³/mol. The largest absolute Gasteiger partial charge is 0.464 e. The Hall–Kier alpha value is -1.92. The van der Waals surface area contributed by atoms with Crippen LogP contribution in [0.25, 0.3) is 0 Å². The maximum Gasteiger partial charge on any atom is 0.338 e. The van der Waals surface area contributed by atoms with E-state index in [2.05, 4.69) is 5.32 Å². The number of carbonyl (C=O) groups is 3. The summed E-state index contributed by atoms with van der Waals surface area (Å²) >= 11 is 6.05. The lowest BCUT2D eigenvalue weighted by Crippen LogP contribution is -2.56. The summed E-state index contributed by atoms with van der Waals surface area (Å²) in [6, 6.07) is 6.44. The Morgan fingerprint density at radius 3 is 2.28 bits per heavy atom. The number of hydrogen-bond acceptors (Lipinski definition) is 6. The molecule has 2 rings (SSSR count). The second-order valence-corrected chi connectivity index (χ2v) is 6.38. The molecule has 0 bridgehead atoms. The highest BCUT2D eigenvalue weighted by Gasteiger charge is 2.58. The zero-order chi connectivity index (χ0) is 18.6. The van der Waals surface area contributed by atoms with Gasteiger partial charge >= 0.3 is 11.9 Å². The average Bonchev–Trinajstić information content (AvgIpc) is 2.98. The van der Waals surface area contributed by atoms with Gasteiger partial charge in [0.15, 0.2) is 0 Å². The van der Waals surface area contributed by atoms with E-state index in [0.717, 1.165) is 5.56 Å². The van der Waals surface area contributed by atoms with E-state index in [1.807, 2.05) is 0 Å². The van der Waals surface area contributed by atoms with E-state index < -0.39 is 29.4 Å². The molecule has 0 spiro atoms. The Labute approximate surface area is 151 Å². The van der Waals surface area contributed by atoms with Crippen LogP contribution in [0.5, 0.6) is 0 Å². The molecule has 25 heavy (non-hydrogen) atoms. The first-order valence-corrected chi connectivity index (χ1v) is 8.61. The Bertz CT molecular complexity index is 657. The van der Waals surface area contributed by atoms with Crippen molar-refractivity contribution in [2.24, 2.45) is 5.92 Å². The van der Waals surface area contributed by atoms with Gasteiger partial charge in [0.05, 0.1) is 13.2 Å². The number of hydrogen-bond donors (Lipinski definition) is 1. The normalized spacial score (nSPS) is 21.6. The maximum atomic E-state index is 12.6. The Morgan fingerprint density at radius 2 is 1.80 bits per heavy atom. The topological polar surface area (TPSA) is 81.7 Å². The highest BCUT2D eigenvalue weighted by molar-refractivity contribution is 6.30. The first-order chi connectivity index (χ1) is 11.9. The highest BCUT2D eigenvalue weighted by Crippen LogP contribution is 2.40. The molecule has 1 heterocycles. The maximum absolute atomic E-state index is 12.6. The van der Waals surface area contributed by atoms with Crippen molar-refractivity contribution in [3.63, 3.8) is 0 Å². The molecule has 1 N–H and O–H groups in total. The standard InChI is InChI=1S/C18H22ClNO5/c1-4-24-16(22)18(17(23)25-5-2)10-14(11(3)21)15(20-18)12-7-6-8-13(19)9-12/h6-9,14-15,20H,4-5,10H2,1-3H3/t14-,15+/m0/s1. The molecule has 0 aliphatic carbocycles. The lowest BCUT2D eigenvalue weighted by Gasteiger charge is -2.25. The Morgan fingerprint density at radius 1 is 1.20 bits per heavy atom. The van der Waals surface area contributed by atoms with E-state index in [0.29, 0.717) is 5.02 Å². The molecule has 1 aromatic rings. The van der Waals surface area contributed by atoms with Gasteiger partial charge in [-0.05, 0) is 44.9 Å². The summed E-state index contributed by atoms with van der Waals surface area (Å²) in [4.78, 5) is 37.3. The van der Waals surface area contributed by atoms with Gasteiger partial charge in [0, 0.05) is 17.0 Å². The van der Waals surface area contributed by atoms with Gasteiger partial charge in [-0.25, -0.2) is 9.59 Å². The van der Waals surface area contributed by atoms with Crippen LogP contribution < -0.4 is 5.32 Å². The van der Waals surface area contributed by atoms with Crippen molar-refractivity contribution in [1.82, 2.24) is 5.32 Å². The lowest BCUT2D eigenvalue weighted by molar-refractivity contribution is -0.165. The number of ether oxygens (including phenoxy) is 2. The van der Waals surface area contributed by atoms with Crippen molar-refractivity contribution >= 4 is 29.3 Å². The van der Waals surface area contributed by atoms with E-state index >= 15 is 0 Å². The third-order valence-corrected chi connectivity index (χ3v) is 4.54. The van der Waals surface area contributed by atoms with Gasteiger partial charge in [-0.3, -0.25) is 10.1 Å². The van der Waals surface area contributed by atoms with Gasteiger partial charge in [-0.1, -0.05) is 23.7 Å².